The van der Waals surface area contributed by atoms with Crippen LogP contribution in [0.5, 0.6) is 0 Å². The second-order valence-corrected chi connectivity index (χ2v) is 30.8. The first-order valence-corrected chi connectivity index (χ1v) is 42.6. The molecular weight excluding hydrogens is 1250 g/mol. The second-order valence-electron chi connectivity index (χ2n) is 27.9. The summed E-state index contributed by atoms with van der Waals surface area (Å²) < 4.78 is 68.5. The summed E-state index contributed by atoms with van der Waals surface area (Å²) in [5.74, 6) is -0.552. The number of esters is 4. The summed E-state index contributed by atoms with van der Waals surface area (Å²) >= 11 is 0. The zero-order chi connectivity index (χ0) is 70.0. The van der Waals surface area contributed by atoms with Crippen LogP contribution in [0.1, 0.15) is 395 Å². The van der Waals surface area contributed by atoms with Crippen LogP contribution in [0.15, 0.2) is 0 Å². The fraction of sp³-hybridized carbons (Fsp3) is 0.947. The highest BCUT2D eigenvalue weighted by Gasteiger charge is 2.30. The van der Waals surface area contributed by atoms with E-state index in [2.05, 4.69) is 41.5 Å². The van der Waals surface area contributed by atoms with Gasteiger partial charge in [0, 0.05) is 25.7 Å². The van der Waals surface area contributed by atoms with Crippen molar-refractivity contribution < 1.29 is 80.2 Å². The van der Waals surface area contributed by atoms with E-state index in [-0.39, 0.29) is 25.7 Å². The number of phosphoric ester groups is 2. The molecule has 0 aliphatic heterocycles. The number of carbonyl (C=O) groups is 4. The summed E-state index contributed by atoms with van der Waals surface area (Å²) in [5.41, 5.74) is 0. The van der Waals surface area contributed by atoms with Crippen LogP contribution in [0.4, 0.5) is 0 Å². The Bertz CT molecular complexity index is 1840. The Morgan fingerprint density at radius 2 is 0.505 bits per heavy atom. The van der Waals surface area contributed by atoms with Gasteiger partial charge in [0.15, 0.2) is 12.2 Å². The van der Waals surface area contributed by atoms with Crippen molar-refractivity contribution in [3.63, 3.8) is 0 Å². The lowest BCUT2D eigenvalue weighted by molar-refractivity contribution is -0.161. The zero-order valence-electron chi connectivity index (χ0n) is 62.0. The smallest absolute Gasteiger partial charge is 0.462 e. The fourth-order valence-electron chi connectivity index (χ4n) is 11.6. The van der Waals surface area contributed by atoms with Gasteiger partial charge in [0.25, 0.3) is 0 Å². The Morgan fingerprint density at radius 1 is 0.295 bits per heavy atom. The molecule has 0 aliphatic carbocycles. The van der Waals surface area contributed by atoms with E-state index in [0.717, 1.165) is 102 Å². The molecule has 0 saturated heterocycles. The molecule has 0 aromatic heterocycles. The summed E-state index contributed by atoms with van der Waals surface area (Å²) in [6.07, 6.45) is 55.5. The van der Waals surface area contributed by atoms with Gasteiger partial charge in [0.1, 0.15) is 19.3 Å². The first-order valence-electron chi connectivity index (χ1n) is 39.6. The van der Waals surface area contributed by atoms with Crippen LogP contribution in [-0.2, 0) is 65.4 Å². The molecule has 19 heteroatoms. The maximum atomic E-state index is 13.1. The standard InChI is InChI=1S/C76H148O17P2/c1-7-11-13-15-17-19-21-22-23-24-25-29-32-36-40-47-53-59-74(79)86-64-71(92-75(80)60-54-48-41-37-33-30-27-26-28-31-34-38-44-50-56-68(5)9-3)66-90-94(82,83)88-62-70(77)63-89-95(84,85)91-67-72(93-76(81)61-55-49-43-42-45-51-57-69(6)10-4)65-87-73(78)58-52-46-39-35-20-18-16-14-12-8-2/h68-72,77H,7-67H2,1-6H3,(H,82,83)(H,84,85)/t68?,69?,70-,71-,72-/m1/s1. The quantitative estimate of drug-likeness (QED) is 0.0222. The Labute approximate surface area is 581 Å². The van der Waals surface area contributed by atoms with Gasteiger partial charge in [0.2, 0.25) is 0 Å². The lowest BCUT2D eigenvalue weighted by atomic mass is 9.99. The SMILES string of the molecule is CCCCCCCCCCCCCCCCCCCC(=O)OC[C@H](COP(=O)(O)OC[C@@H](O)COP(=O)(O)OC[C@@H](COC(=O)CCCCCCCCCCCC)OC(=O)CCCCCCCCC(C)CC)OC(=O)CCCCCCCCCCCCCCCCC(C)CC. The maximum absolute atomic E-state index is 13.1. The Morgan fingerprint density at radius 3 is 0.747 bits per heavy atom. The number of phosphoric acid groups is 2. The van der Waals surface area contributed by atoms with Gasteiger partial charge in [-0.3, -0.25) is 37.3 Å². The van der Waals surface area contributed by atoms with Gasteiger partial charge in [0.05, 0.1) is 26.4 Å². The Balaban J connectivity index is 5.22. The van der Waals surface area contributed by atoms with Gasteiger partial charge in [-0.1, -0.05) is 343 Å². The third kappa shape index (κ3) is 67.6. The van der Waals surface area contributed by atoms with Gasteiger partial charge < -0.3 is 33.8 Å². The van der Waals surface area contributed by atoms with Gasteiger partial charge in [-0.25, -0.2) is 9.13 Å². The molecule has 95 heavy (non-hydrogen) atoms. The van der Waals surface area contributed by atoms with Gasteiger partial charge in [-0.2, -0.15) is 0 Å². The molecule has 0 amide bonds. The number of rotatable bonds is 75. The van der Waals surface area contributed by atoms with Crippen molar-refractivity contribution in [3.05, 3.63) is 0 Å². The minimum atomic E-state index is -4.96. The highest BCUT2D eigenvalue weighted by molar-refractivity contribution is 7.47. The molecule has 0 aromatic carbocycles. The number of hydrogen-bond acceptors (Lipinski definition) is 15. The van der Waals surface area contributed by atoms with Crippen LogP contribution >= 0.6 is 15.6 Å². The van der Waals surface area contributed by atoms with Crippen LogP contribution in [0.3, 0.4) is 0 Å². The van der Waals surface area contributed by atoms with Crippen molar-refractivity contribution in [3.8, 4) is 0 Å². The first-order chi connectivity index (χ1) is 45.9. The van der Waals surface area contributed by atoms with E-state index in [1.54, 1.807) is 0 Å². The number of aliphatic hydroxyl groups excluding tert-OH is 1. The monoisotopic (exact) mass is 1400 g/mol. The minimum absolute atomic E-state index is 0.103. The van der Waals surface area contributed by atoms with Crippen LogP contribution in [0, 0.1) is 11.8 Å². The third-order valence-corrected chi connectivity index (χ3v) is 20.3. The van der Waals surface area contributed by atoms with E-state index in [4.69, 9.17) is 37.0 Å². The lowest BCUT2D eigenvalue weighted by Crippen LogP contribution is -2.30. The van der Waals surface area contributed by atoms with Crippen LogP contribution in [0.25, 0.3) is 0 Å². The van der Waals surface area contributed by atoms with Crippen molar-refractivity contribution in [2.75, 3.05) is 39.6 Å². The molecule has 0 rings (SSSR count). The highest BCUT2D eigenvalue weighted by atomic mass is 31.2. The van der Waals surface area contributed by atoms with Crippen molar-refractivity contribution in [2.24, 2.45) is 11.8 Å². The molecule has 7 atom stereocenters. The third-order valence-electron chi connectivity index (χ3n) is 18.4. The fourth-order valence-corrected chi connectivity index (χ4v) is 13.2. The number of unbranched alkanes of at least 4 members (excludes halogenated alkanes) is 43. The molecule has 0 spiro atoms. The number of carbonyl (C=O) groups excluding carboxylic acids is 4. The molecule has 4 unspecified atom stereocenters. The Hall–Kier alpha value is -1.94. The average Bonchev–Trinajstić information content (AvgIpc) is 3.06. The predicted molar refractivity (Wildman–Crippen MR) is 386 cm³/mol. The van der Waals surface area contributed by atoms with E-state index in [1.165, 1.54) is 212 Å². The maximum Gasteiger partial charge on any atom is 0.472 e. The molecule has 17 nitrogen and oxygen atoms in total. The summed E-state index contributed by atoms with van der Waals surface area (Å²) in [6, 6.07) is 0. The van der Waals surface area contributed by atoms with Crippen molar-refractivity contribution in [2.45, 2.75) is 413 Å². The van der Waals surface area contributed by atoms with Crippen LogP contribution in [0.2, 0.25) is 0 Å². The highest BCUT2D eigenvalue weighted by Crippen LogP contribution is 2.45. The van der Waals surface area contributed by atoms with Gasteiger partial charge >= 0.3 is 39.5 Å². The summed E-state index contributed by atoms with van der Waals surface area (Å²) in [6.45, 7) is 9.59. The van der Waals surface area contributed by atoms with Gasteiger partial charge in [-0.05, 0) is 37.5 Å². The first kappa shape index (κ1) is 93.1. The Kier molecular flexibility index (Phi) is 66.5. The normalized spacial score (nSPS) is 14.6. The van der Waals surface area contributed by atoms with E-state index < -0.39 is 97.5 Å². The van der Waals surface area contributed by atoms with E-state index in [0.29, 0.717) is 25.7 Å². The van der Waals surface area contributed by atoms with Crippen molar-refractivity contribution in [1.29, 1.82) is 0 Å². The summed E-state index contributed by atoms with van der Waals surface area (Å²) in [4.78, 5) is 72.8. The molecule has 0 fully saturated rings. The van der Waals surface area contributed by atoms with Crippen molar-refractivity contribution in [1.82, 2.24) is 0 Å². The molecule has 3 N–H and O–H groups in total. The van der Waals surface area contributed by atoms with E-state index in [9.17, 15) is 43.2 Å². The molecule has 0 radical (unpaired) electrons. The van der Waals surface area contributed by atoms with Crippen LogP contribution in [-0.4, -0.2) is 96.7 Å². The molecule has 0 aliphatic rings. The van der Waals surface area contributed by atoms with Crippen LogP contribution < -0.4 is 0 Å². The number of ether oxygens (including phenoxy) is 4. The zero-order valence-corrected chi connectivity index (χ0v) is 63.8. The van der Waals surface area contributed by atoms with E-state index >= 15 is 0 Å². The molecule has 0 aromatic rings. The van der Waals surface area contributed by atoms with Crippen molar-refractivity contribution >= 4 is 39.5 Å². The lowest BCUT2D eigenvalue weighted by Gasteiger charge is -2.21. The average molecular weight is 1400 g/mol. The molecule has 0 saturated carbocycles. The topological polar surface area (TPSA) is 237 Å². The molecular formula is C76H148O17P2. The largest absolute Gasteiger partial charge is 0.472 e. The summed E-state index contributed by atoms with van der Waals surface area (Å²) in [7, 11) is -9.91. The number of aliphatic hydroxyl groups is 1. The minimum Gasteiger partial charge on any atom is -0.462 e. The number of hydrogen-bond donors (Lipinski definition) is 3. The molecule has 0 bridgehead atoms. The molecule has 0 heterocycles. The van der Waals surface area contributed by atoms with Gasteiger partial charge in [-0.15, -0.1) is 0 Å². The summed E-state index contributed by atoms with van der Waals surface area (Å²) in [5, 5.41) is 10.6. The van der Waals surface area contributed by atoms with E-state index in [1.807, 2.05) is 0 Å². The predicted octanol–water partition coefficient (Wildman–Crippen LogP) is 22.3. The second kappa shape index (κ2) is 67.9. The molecule has 564 valence electrons.